The van der Waals surface area contributed by atoms with Gasteiger partial charge in [-0.2, -0.15) is 5.10 Å². The Morgan fingerprint density at radius 2 is 2.05 bits per heavy atom. The number of aryl methyl sites for hydroxylation is 4. The number of rotatable bonds is 5. The number of thioether (sulfide) groups is 1. The van der Waals surface area contributed by atoms with Crippen LogP contribution in [0.4, 0.5) is 0 Å². The minimum atomic E-state index is 0.726. The molecule has 0 saturated heterocycles. The quantitative estimate of drug-likeness (QED) is 0.765. The first-order chi connectivity index (χ1) is 9.06. The zero-order valence-electron chi connectivity index (χ0n) is 11.7. The van der Waals surface area contributed by atoms with Gasteiger partial charge >= 0.3 is 0 Å². The minimum absolute atomic E-state index is 0.726. The molecule has 0 N–H and O–H groups in total. The van der Waals surface area contributed by atoms with Gasteiger partial charge < -0.3 is 4.42 Å². The van der Waals surface area contributed by atoms with Crippen LogP contribution in [0.2, 0.25) is 0 Å². The van der Waals surface area contributed by atoms with E-state index in [2.05, 4.69) is 39.9 Å². The van der Waals surface area contributed by atoms with E-state index >= 15 is 0 Å². The Hall–Kier alpha value is -0.750. The van der Waals surface area contributed by atoms with Crippen LogP contribution >= 0.6 is 27.7 Å². The van der Waals surface area contributed by atoms with Crippen molar-refractivity contribution in [2.45, 2.75) is 51.6 Å². The normalized spacial score (nSPS) is 11.2. The van der Waals surface area contributed by atoms with Crippen molar-refractivity contribution in [3.05, 3.63) is 27.3 Å². The van der Waals surface area contributed by atoms with Gasteiger partial charge in [0.05, 0.1) is 21.6 Å². The van der Waals surface area contributed by atoms with Crippen molar-refractivity contribution in [3.63, 3.8) is 0 Å². The average Bonchev–Trinajstić information content (AvgIpc) is 2.87. The van der Waals surface area contributed by atoms with E-state index in [0.717, 1.165) is 45.6 Å². The van der Waals surface area contributed by atoms with Crippen LogP contribution in [0, 0.1) is 13.8 Å². The van der Waals surface area contributed by atoms with Crippen LogP contribution in [0.5, 0.6) is 0 Å². The fourth-order valence-corrected chi connectivity index (χ4v) is 3.62. The summed E-state index contributed by atoms with van der Waals surface area (Å²) in [5.74, 6) is 1.70. The van der Waals surface area contributed by atoms with E-state index in [9.17, 15) is 0 Å². The van der Waals surface area contributed by atoms with Crippen molar-refractivity contribution in [1.82, 2.24) is 14.8 Å². The van der Waals surface area contributed by atoms with E-state index in [0.29, 0.717) is 0 Å². The number of hydrogen-bond acceptors (Lipinski definition) is 4. The molecule has 0 bridgehead atoms. The number of nitrogens with zero attached hydrogens (tertiary/aromatic N) is 3. The molecular weight excluding hydrogens is 326 g/mol. The van der Waals surface area contributed by atoms with E-state index in [-0.39, 0.29) is 0 Å². The molecule has 104 valence electrons. The molecule has 2 aromatic rings. The number of oxazole rings is 1. The lowest BCUT2D eigenvalue weighted by Gasteiger charge is -2.03. The zero-order valence-corrected chi connectivity index (χ0v) is 14.1. The summed E-state index contributed by atoms with van der Waals surface area (Å²) in [7, 11) is 0. The molecule has 0 aliphatic heterocycles. The van der Waals surface area contributed by atoms with Gasteiger partial charge in [0.2, 0.25) is 0 Å². The molecule has 0 amide bonds. The third kappa shape index (κ3) is 3.05. The van der Waals surface area contributed by atoms with Gasteiger partial charge in [0.25, 0.3) is 5.22 Å². The van der Waals surface area contributed by atoms with Crippen LogP contribution in [0.1, 0.15) is 36.7 Å². The largest absolute Gasteiger partial charge is 0.437 e. The number of aromatic nitrogens is 3. The average molecular weight is 344 g/mol. The van der Waals surface area contributed by atoms with Crippen molar-refractivity contribution in [2.24, 2.45) is 0 Å². The first kappa shape index (κ1) is 14.7. The van der Waals surface area contributed by atoms with Gasteiger partial charge in [0.1, 0.15) is 5.76 Å². The SMILES string of the molecule is CCc1nn(CC)c(CSc2nc(C)c(C)o2)c1Br. The second-order valence-corrected chi connectivity index (χ2v) is 6.01. The Bertz CT molecular complexity index is 557. The molecule has 19 heavy (non-hydrogen) atoms. The highest BCUT2D eigenvalue weighted by Crippen LogP contribution is 2.29. The molecule has 0 spiro atoms. The van der Waals surface area contributed by atoms with Crippen LogP contribution in [-0.4, -0.2) is 14.8 Å². The van der Waals surface area contributed by atoms with Gasteiger partial charge in [-0.05, 0) is 43.1 Å². The van der Waals surface area contributed by atoms with Crippen molar-refractivity contribution in [2.75, 3.05) is 0 Å². The molecule has 0 aliphatic rings. The summed E-state index contributed by atoms with van der Waals surface area (Å²) < 4.78 is 8.74. The summed E-state index contributed by atoms with van der Waals surface area (Å²) in [6.45, 7) is 8.99. The van der Waals surface area contributed by atoms with Gasteiger partial charge in [0, 0.05) is 12.3 Å². The minimum Gasteiger partial charge on any atom is -0.437 e. The fourth-order valence-electron chi connectivity index (χ4n) is 1.79. The van der Waals surface area contributed by atoms with Crippen molar-refractivity contribution >= 4 is 27.7 Å². The fraction of sp³-hybridized carbons (Fsp3) is 0.538. The highest BCUT2D eigenvalue weighted by atomic mass is 79.9. The van der Waals surface area contributed by atoms with Crippen LogP contribution in [0.15, 0.2) is 14.1 Å². The molecule has 2 aromatic heterocycles. The van der Waals surface area contributed by atoms with E-state index < -0.39 is 0 Å². The summed E-state index contributed by atoms with van der Waals surface area (Å²) in [4.78, 5) is 4.39. The predicted octanol–water partition coefficient (Wildman–Crippen LogP) is 4.13. The molecule has 0 atom stereocenters. The molecule has 4 nitrogen and oxygen atoms in total. The smallest absolute Gasteiger partial charge is 0.256 e. The molecule has 0 saturated carbocycles. The standard InChI is InChI=1S/C13H18BrN3OS/c1-5-10-12(14)11(17(6-2)16-10)7-19-13-15-8(3)9(4)18-13/h5-7H2,1-4H3. The Labute approximate surface area is 126 Å². The van der Waals surface area contributed by atoms with Crippen molar-refractivity contribution < 1.29 is 4.42 Å². The first-order valence-electron chi connectivity index (χ1n) is 6.37. The Kier molecular flexibility index (Phi) is 4.73. The Morgan fingerprint density at radius 1 is 1.32 bits per heavy atom. The lowest BCUT2D eigenvalue weighted by molar-refractivity contribution is 0.431. The van der Waals surface area contributed by atoms with Crippen LogP contribution in [0.25, 0.3) is 0 Å². The summed E-state index contributed by atoms with van der Waals surface area (Å²) in [5, 5.41) is 5.31. The van der Waals surface area contributed by atoms with Crippen LogP contribution in [-0.2, 0) is 18.7 Å². The third-order valence-corrected chi connectivity index (χ3v) is 4.79. The number of hydrogen-bond donors (Lipinski definition) is 0. The summed E-state index contributed by atoms with van der Waals surface area (Å²) >= 11 is 5.26. The second-order valence-electron chi connectivity index (χ2n) is 4.29. The van der Waals surface area contributed by atoms with Gasteiger partial charge in [-0.25, -0.2) is 4.98 Å². The van der Waals surface area contributed by atoms with E-state index in [1.54, 1.807) is 11.8 Å². The Morgan fingerprint density at radius 3 is 2.58 bits per heavy atom. The van der Waals surface area contributed by atoms with Gasteiger partial charge in [-0.1, -0.05) is 18.7 Å². The van der Waals surface area contributed by atoms with Crippen LogP contribution in [0.3, 0.4) is 0 Å². The maximum absolute atomic E-state index is 5.59. The Balaban J connectivity index is 2.16. The summed E-state index contributed by atoms with van der Waals surface area (Å²) in [6.07, 6.45) is 0.933. The molecule has 0 radical (unpaired) electrons. The van der Waals surface area contributed by atoms with E-state index in [1.165, 1.54) is 5.69 Å². The molecule has 6 heteroatoms. The number of halogens is 1. The van der Waals surface area contributed by atoms with Crippen molar-refractivity contribution in [3.8, 4) is 0 Å². The topological polar surface area (TPSA) is 43.9 Å². The maximum atomic E-state index is 5.59. The second kappa shape index (κ2) is 6.13. The lowest BCUT2D eigenvalue weighted by atomic mass is 10.3. The van der Waals surface area contributed by atoms with Gasteiger partial charge in [-0.15, -0.1) is 0 Å². The molecule has 2 heterocycles. The summed E-state index contributed by atoms with van der Waals surface area (Å²) in [5.41, 5.74) is 3.26. The molecular formula is C13H18BrN3OS. The summed E-state index contributed by atoms with van der Waals surface area (Å²) in [6, 6.07) is 0. The molecule has 0 aliphatic carbocycles. The van der Waals surface area contributed by atoms with Gasteiger partial charge in [-0.3, -0.25) is 4.68 Å². The van der Waals surface area contributed by atoms with E-state index in [4.69, 9.17) is 4.42 Å². The van der Waals surface area contributed by atoms with Crippen LogP contribution < -0.4 is 0 Å². The highest BCUT2D eigenvalue weighted by molar-refractivity contribution is 9.10. The van der Waals surface area contributed by atoms with Crippen molar-refractivity contribution in [1.29, 1.82) is 0 Å². The predicted molar refractivity (Wildman–Crippen MR) is 80.5 cm³/mol. The molecule has 0 aromatic carbocycles. The van der Waals surface area contributed by atoms with Gasteiger partial charge in [0.15, 0.2) is 0 Å². The molecule has 2 rings (SSSR count). The lowest BCUT2D eigenvalue weighted by Crippen LogP contribution is -2.01. The maximum Gasteiger partial charge on any atom is 0.256 e. The monoisotopic (exact) mass is 343 g/mol. The first-order valence-corrected chi connectivity index (χ1v) is 8.15. The molecule has 0 fully saturated rings. The highest BCUT2D eigenvalue weighted by Gasteiger charge is 2.15. The molecule has 0 unspecified atom stereocenters. The zero-order chi connectivity index (χ0) is 14.0. The van der Waals surface area contributed by atoms with E-state index in [1.807, 2.05) is 18.5 Å². The third-order valence-electron chi connectivity index (χ3n) is 3.04.